The van der Waals surface area contributed by atoms with Gasteiger partial charge in [0.25, 0.3) is 0 Å². The first-order valence-corrected chi connectivity index (χ1v) is 10.9. The Balaban J connectivity index is 1.59. The number of aliphatic imine (C=N–C) groups is 1. The molecule has 0 bridgehead atoms. The summed E-state index contributed by atoms with van der Waals surface area (Å²) in [7, 11) is -1.62. The lowest BCUT2D eigenvalue weighted by Crippen LogP contribution is -2.39. The Hall–Kier alpha value is -1.60. The normalized spacial score (nSPS) is 27.2. The van der Waals surface area contributed by atoms with Crippen LogP contribution in [0.2, 0.25) is 0 Å². The van der Waals surface area contributed by atoms with E-state index in [1.165, 1.54) is 6.42 Å². The van der Waals surface area contributed by atoms with Gasteiger partial charge in [-0.25, -0.2) is 8.42 Å². The third-order valence-corrected chi connectivity index (χ3v) is 7.18. The fourth-order valence-electron chi connectivity index (χ4n) is 3.37. The highest BCUT2D eigenvalue weighted by Crippen LogP contribution is 2.28. The van der Waals surface area contributed by atoms with E-state index in [2.05, 4.69) is 29.5 Å². The van der Waals surface area contributed by atoms with Gasteiger partial charge in [0.15, 0.2) is 5.96 Å². The summed E-state index contributed by atoms with van der Waals surface area (Å²) in [5.41, 5.74) is 1.03. The first-order valence-electron chi connectivity index (χ1n) is 9.46. The molecule has 1 aliphatic carbocycles. The van der Waals surface area contributed by atoms with Gasteiger partial charge in [-0.15, -0.1) is 0 Å². The number of rotatable bonds is 5. The highest BCUT2D eigenvalue weighted by Gasteiger charge is 2.33. The summed E-state index contributed by atoms with van der Waals surface area (Å²) in [6, 6.07) is 7.69. The Morgan fingerprint density at radius 3 is 2.54 bits per heavy atom. The molecule has 1 aromatic carbocycles. The van der Waals surface area contributed by atoms with Crippen molar-refractivity contribution in [3.63, 3.8) is 0 Å². The predicted molar refractivity (Wildman–Crippen MR) is 105 cm³/mol. The van der Waals surface area contributed by atoms with E-state index in [1.807, 2.05) is 12.1 Å². The van der Waals surface area contributed by atoms with E-state index < -0.39 is 10.0 Å². The van der Waals surface area contributed by atoms with Gasteiger partial charge in [-0.05, 0) is 48.8 Å². The van der Waals surface area contributed by atoms with Gasteiger partial charge < -0.3 is 10.6 Å². The molecule has 0 spiro atoms. The van der Waals surface area contributed by atoms with Crippen LogP contribution >= 0.6 is 0 Å². The summed E-state index contributed by atoms with van der Waals surface area (Å²) in [5.74, 6) is 1.92. The van der Waals surface area contributed by atoms with Crippen LogP contribution in [0.15, 0.2) is 34.2 Å². The fraction of sp³-hybridized carbons (Fsp3) is 0.632. The molecular weight excluding hydrogens is 348 g/mol. The maximum atomic E-state index is 12.8. The summed E-state index contributed by atoms with van der Waals surface area (Å²) in [6.07, 6.45) is 3.22. The zero-order chi connectivity index (χ0) is 18.7. The molecule has 1 heterocycles. The molecule has 3 atom stereocenters. The quantitative estimate of drug-likeness (QED) is 0.608. The van der Waals surface area contributed by atoms with Crippen molar-refractivity contribution in [2.24, 2.45) is 16.8 Å². The SMILES string of the molecule is CN=C(NCc1ccc(S(=O)(=O)N2CCCC(C)C2)cc1)NC1CC1C. The van der Waals surface area contributed by atoms with E-state index in [0.29, 0.717) is 42.4 Å². The fourth-order valence-corrected chi connectivity index (χ4v) is 4.97. The van der Waals surface area contributed by atoms with E-state index in [1.54, 1.807) is 23.5 Å². The van der Waals surface area contributed by atoms with Crippen molar-refractivity contribution in [2.45, 2.75) is 50.6 Å². The lowest BCUT2D eigenvalue weighted by atomic mass is 10.0. The minimum Gasteiger partial charge on any atom is -0.353 e. The van der Waals surface area contributed by atoms with E-state index in [4.69, 9.17) is 0 Å². The molecule has 26 heavy (non-hydrogen) atoms. The van der Waals surface area contributed by atoms with E-state index >= 15 is 0 Å². The zero-order valence-corrected chi connectivity index (χ0v) is 16.7. The standard InChI is InChI=1S/C19H30N4O2S/c1-14-5-4-10-23(13-14)26(24,25)17-8-6-16(7-9-17)12-21-19(20-3)22-18-11-15(18)2/h6-9,14-15,18H,4-5,10-13H2,1-3H3,(H2,20,21,22). The summed E-state index contributed by atoms with van der Waals surface area (Å²) in [6.45, 7) is 6.18. The van der Waals surface area contributed by atoms with Crippen LogP contribution in [0.1, 0.15) is 38.7 Å². The molecule has 0 radical (unpaired) electrons. The smallest absolute Gasteiger partial charge is 0.243 e. The Morgan fingerprint density at radius 1 is 1.27 bits per heavy atom. The largest absolute Gasteiger partial charge is 0.353 e. The van der Waals surface area contributed by atoms with Gasteiger partial charge in [-0.1, -0.05) is 26.0 Å². The number of guanidine groups is 1. The topological polar surface area (TPSA) is 73.8 Å². The van der Waals surface area contributed by atoms with Crippen LogP contribution in [0.3, 0.4) is 0 Å². The van der Waals surface area contributed by atoms with E-state index in [0.717, 1.165) is 24.4 Å². The van der Waals surface area contributed by atoms with Gasteiger partial charge in [-0.2, -0.15) is 4.31 Å². The first-order chi connectivity index (χ1) is 12.4. The second-order valence-corrected chi connectivity index (χ2v) is 9.58. The minimum atomic E-state index is -3.38. The third-order valence-electron chi connectivity index (χ3n) is 5.30. The second kappa shape index (κ2) is 7.96. The summed E-state index contributed by atoms with van der Waals surface area (Å²) >= 11 is 0. The van der Waals surface area contributed by atoms with Crippen molar-refractivity contribution in [1.29, 1.82) is 0 Å². The van der Waals surface area contributed by atoms with Gasteiger partial charge in [0.2, 0.25) is 10.0 Å². The average molecular weight is 379 g/mol. The number of benzene rings is 1. The third kappa shape index (κ3) is 4.57. The Kier molecular flexibility index (Phi) is 5.87. The zero-order valence-electron chi connectivity index (χ0n) is 15.9. The first kappa shape index (κ1) is 19.2. The molecule has 2 N–H and O–H groups in total. The van der Waals surface area contributed by atoms with Gasteiger partial charge in [0.1, 0.15) is 0 Å². The van der Waals surface area contributed by atoms with Crippen LogP contribution in [0.4, 0.5) is 0 Å². The molecule has 144 valence electrons. The number of hydrogen-bond donors (Lipinski definition) is 2. The van der Waals surface area contributed by atoms with Crippen molar-refractivity contribution in [3.05, 3.63) is 29.8 Å². The van der Waals surface area contributed by atoms with Crippen molar-refractivity contribution >= 4 is 16.0 Å². The van der Waals surface area contributed by atoms with Crippen LogP contribution in [0.25, 0.3) is 0 Å². The molecule has 1 aromatic rings. The highest BCUT2D eigenvalue weighted by atomic mass is 32.2. The van der Waals surface area contributed by atoms with E-state index in [-0.39, 0.29) is 0 Å². The maximum absolute atomic E-state index is 12.8. The molecule has 2 fully saturated rings. The molecule has 0 amide bonds. The minimum absolute atomic E-state index is 0.379. The number of piperidine rings is 1. The number of nitrogens with one attached hydrogen (secondary N) is 2. The Bertz CT molecular complexity index is 745. The Labute approximate surface area is 157 Å². The molecule has 1 aliphatic heterocycles. The molecular formula is C19H30N4O2S. The van der Waals surface area contributed by atoms with Crippen molar-refractivity contribution in [2.75, 3.05) is 20.1 Å². The maximum Gasteiger partial charge on any atom is 0.243 e. The second-order valence-electron chi connectivity index (χ2n) is 7.64. The van der Waals surface area contributed by atoms with Gasteiger partial charge in [-0.3, -0.25) is 4.99 Å². The molecule has 2 aliphatic rings. The van der Waals surface area contributed by atoms with Crippen molar-refractivity contribution in [3.8, 4) is 0 Å². The van der Waals surface area contributed by atoms with Crippen LogP contribution in [-0.2, 0) is 16.6 Å². The molecule has 1 saturated carbocycles. The Morgan fingerprint density at radius 2 is 1.96 bits per heavy atom. The van der Waals surface area contributed by atoms with Crippen LogP contribution < -0.4 is 10.6 Å². The van der Waals surface area contributed by atoms with Gasteiger partial charge in [0.05, 0.1) is 4.90 Å². The summed E-state index contributed by atoms with van der Waals surface area (Å²) in [5, 5.41) is 6.66. The monoisotopic (exact) mass is 378 g/mol. The lowest BCUT2D eigenvalue weighted by molar-refractivity contribution is 0.281. The number of sulfonamides is 1. The summed E-state index contributed by atoms with van der Waals surface area (Å²) < 4.78 is 27.2. The molecule has 0 aromatic heterocycles. The van der Waals surface area contributed by atoms with Crippen molar-refractivity contribution in [1.82, 2.24) is 14.9 Å². The molecule has 6 nitrogen and oxygen atoms in total. The van der Waals surface area contributed by atoms with Gasteiger partial charge >= 0.3 is 0 Å². The molecule has 1 saturated heterocycles. The van der Waals surface area contributed by atoms with Crippen LogP contribution in [0, 0.1) is 11.8 Å². The lowest BCUT2D eigenvalue weighted by Gasteiger charge is -2.30. The average Bonchev–Trinajstić information content (AvgIpc) is 3.33. The molecule has 3 rings (SSSR count). The van der Waals surface area contributed by atoms with Crippen LogP contribution in [-0.4, -0.2) is 44.9 Å². The number of hydrogen-bond acceptors (Lipinski definition) is 3. The predicted octanol–water partition coefficient (Wildman–Crippen LogP) is 2.18. The highest BCUT2D eigenvalue weighted by molar-refractivity contribution is 7.89. The molecule has 7 heteroatoms. The molecule has 3 unspecified atom stereocenters. The van der Waals surface area contributed by atoms with Gasteiger partial charge in [0, 0.05) is 32.7 Å². The van der Waals surface area contributed by atoms with Crippen molar-refractivity contribution < 1.29 is 8.42 Å². The summed E-state index contributed by atoms with van der Waals surface area (Å²) in [4.78, 5) is 4.61. The van der Waals surface area contributed by atoms with E-state index in [9.17, 15) is 8.42 Å². The number of nitrogens with zero attached hydrogens (tertiary/aromatic N) is 2. The van der Waals surface area contributed by atoms with Crippen LogP contribution in [0.5, 0.6) is 0 Å².